The maximum atomic E-state index is 7.80. The first-order valence-corrected chi connectivity index (χ1v) is 11.1. The largest absolute Gasteiger partial charge is 0.307 e. The van der Waals surface area contributed by atoms with Crippen molar-refractivity contribution >= 4 is 49.0 Å². The molecule has 0 saturated heterocycles. The Balaban J connectivity index is 2.06. The molecule has 6 rings (SSSR count). The lowest BCUT2D eigenvalue weighted by molar-refractivity contribution is -0.643. The number of hydrogen-bond acceptors (Lipinski definition) is 0. The van der Waals surface area contributed by atoms with Gasteiger partial charge in [-0.25, -0.2) is 11.1 Å². The van der Waals surface area contributed by atoms with Gasteiger partial charge < -0.3 is 9.25 Å². The molecule has 3 aromatic heterocycles. The van der Waals surface area contributed by atoms with Crippen molar-refractivity contribution < 1.29 is 4.57 Å². The van der Waals surface area contributed by atoms with Crippen LogP contribution in [0.2, 0.25) is 0 Å². The Kier molecular flexibility index (Phi) is 3.57. The Bertz CT molecular complexity index is 1790. The minimum absolute atomic E-state index is 0.579. The van der Waals surface area contributed by atoms with Crippen LogP contribution in [-0.2, 0) is 12.6 Å². The summed E-state index contributed by atoms with van der Waals surface area (Å²) in [4.78, 5) is 3.95. The van der Waals surface area contributed by atoms with Crippen LogP contribution in [0.25, 0.3) is 53.8 Å². The van der Waals surface area contributed by atoms with Gasteiger partial charge in [-0.15, -0.1) is 0 Å². The molecule has 3 heterocycles. The molecule has 3 nitrogen and oxygen atoms in total. The second-order valence-corrected chi connectivity index (χ2v) is 9.85. The molecular weight excluding hydrogens is 390 g/mol. The molecule has 0 saturated carbocycles. The van der Waals surface area contributed by atoms with Gasteiger partial charge in [0.25, 0.3) is 5.54 Å². The number of aromatic nitrogens is 2. The maximum absolute atomic E-state index is 7.80. The van der Waals surface area contributed by atoms with Crippen molar-refractivity contribution in [3.8, 4) is 0 Å². The summed E-state index contributed by atoms with van der Waals surface area (Å²) in [7, 11) is 2.14. The smallest absolute Gasteiger partial charge is 0.252 e. The molecule has 3 heteroatoms. The molecule has 32 heavy (non-hydrogen) atoms. The first-order valence-electron chi connectivity index (χ1n) is 11.1. The molecule has 0 bridgehead atoms. The molecule has 0 radical (unpaired) electrons. The predicted octanol–water partition coefficient (Wildman–Crippen LogP) is 6.89. The standard InChI is InChI=1S/C29H26N3/c1-16-8-9-21-22-13-17(2)18(3)25-27(22)32(23(21)12-16)24-15-20(29(4,5)30-6)14-19-10-11-31(7)28(25)26(19)24/h8-15H,1-5,7H3/q+1. The topological polar surface area (TPSA) is 12.7 Å². The van der Waals surface area contributed by atoms with Gasteiger partial charge in [0, 0.05) is 36.2 Å². The fraction of sp³-hybridized carbons (Fsp3) is 0.241. The monoisotopic (exact) mass is 416 g/mol. The first kappa shape index (κ1) is 19.1. The fourth-order valence-corrected chi connectivity index (χ4v) is 5.43. The van der Waals surface area contributed by atoms with Crippen LogP contribution >= 0.6 is 0 Å². The molecular formula is C29H26N3+. The molecule has 0 aliphatic rings. The molecule has 6 aromatic rings. The highest BCUT2D eigenvalue weighted by atomic mass is 15.0. The Morgan fingerprint density at radius 2 is 1.69 bits per heavy atom. The van der Waals surface area contributed by atoms with E-state index in [0.29, 0.717) is 0 Å². The highest BCUT2D eigenvalue weighted by Crippen LogP contribution is 2.43. The molecule has 0 aliphatic heterocycles. The van der Waals surface area contributed by atoms with E-state index in [-0.39, 0.29) is 0 Å². The van der Waals surface area contributed by atoms with Crippen LogP contribution in [0.15, 0.2) is 48.7 Å². The Labute approximate surface area is 187 Å². The second kappa shape index (κ2) is 5.99. The lowest BCUT2D eigenvalue weighted by Gasteiger charge is -2.17. The van der Waals surface area contributed by atoms with E-state index < -0.39 is 5.54 Å². The third-order valence-electron chi connectivity index (χ3n) is 7.41. The molecule has 0 spiro atoms. The third-order valence-corrected chi connectivity index (χ3v) is 7.41. The number of hydrogen-bond donors (Lipinski definition) is 0. The molecule has 0 aliphatic carbocycles. The third kappa shape index (κ3) is 2.22. The van der Waals surface area contributed by atoms with Crippen molar-refractivity contribution in [3.63, 3.8) is 0 Å². The van der Waals surface area contributed by atoms with Crippen LogP contribution in [0.5, 0.6) is 0 Å². The molecule has 0 amide bonds. The SMILES string of the molecule is [C-]#[N+]C(C)(C)c1cc2cc[n+](C)c3c4c(C)c(C)cc5c6ccc(C)cc6n(c(c1)c23)c54. The van der Waals surface area contributed by atoms with Gasteiger partial charge in [0.1, 0.15) is 7.05 Å². The van der Waals surface area contributed by atoms with E-state index in [9.17, 15) is 0 Å². The summed E-state index contributed by atoms with van der Waals surface area (Å²) in [5.41, 5.74) is 9.35. The van der Waals surface area contributed by atoms with Gasteiger partial charge in [0.05, 0.1) is 27.3 Å². The van der Waals surface area contributed by atoms with E-state index in [1.165, 1.54) is 65.7 Å². The Hall–Kier alpha value is -3.64. The average molecular weight is 417 g/mol. The summed E-state index contributed by atoms with van der Waals surface area (Å²) in [5, 5.41) is 6.37. The van der Waals surface area contributed by atoms with Crippen LogP contribution in [0.4, 0.5) is 0 Å². The summed E-state index contributed by atoms with van der Waals surface area (Å²) in [6, 6.07) is 15.8. The molecule has 0 unspecified atom stereocenters. The van der Waals surface area contributed by atoms with Gasteiger partial charge in [-0.05, 0) is 67.1 Å². The quantitative estimate of drug-likeness (QED) is 0.120. The highest BCUT2D eigenvalue weighted by Gasteiger charge is 2.30. The molecule has 156 valence electrons. The van der Waals surface area contributed by atoms with E-state index in [0.717, 1.165) is 5.56 Å². The van der Waals surface area contributed by atoms with Crippen molar-refractivity contribution in [1.29, 1.82) is 0 Å². The van der Waals surface area contributed by atoms with Gasteiger partial charge in [0.15, 0.2) is 6.20 Å². The van der Waals surface area contributed by atoms with E-state index in [1.807, 2.05) is 13.8 Å². The van der Waals surface area contributed by atoms with E-state index in [1.54, 1.807) is 0 Å². The van der Waals surface area contributed by atoms with Crippen LogP contribution in [0.1, 0.15) is 36.1 Å². The number of fused-ring (bicyclic) bond motifs is 5. The summed E-state index contributed by atoms with van der Waals surface area (Å²) in [5.74, 6) is 0. The van der Waals surface area contributed by atoms with Crippen molar-refractivity contribution in [3.05, 3.63) is 82.3 Å². The summed E-state index contributed by atoms with van der Waals surface area (Å²) in [6.07, 6.45) is 2.16. The predicted molar refractivity (Wildman–Crippen MR) is 134 cm³/mol. The molecule has 0 fully saturated rings. The molecule has 3 aromatic carbocycles. The minimum Gasteiger partial charge on any atom is -0.307 e. The lowest BCUT2D eigenvalue weighted by Crippen LogP contribution is -2.29. The van der Waals surface area contributed by atoms with Gasteiger partial charge >= 0.3 is 0 Å². The zero-order chi connectivity index (χ0) is 22.5. The van der Waals surface area contributed by atoms with Crippen molar-refractivity contribution in [2.45, 2.75) is 40.2 Å². The lowest BCUT2D eigenvalue weighted by atomic mass is 9.90. The van der Waals surface area contributed by atoms with Crippen LogP contribution in [0.3, 0.4) is 0 Å². The Morgan fingerprint density at radius 3 is 2.44 bits per heavy atom. The molecule has 0 N–H and O–H groups in total. The number of aryl methyl sites for hydroxylation is 4. The van der Waals surface area contributed by atoms with Gasteiger partial charge in [-0.2, -0.15) is 0 Å². The van der Waals surface area contributed by atoms with Crippen LogP contribution < -0.4 is 4.57 Å². The summed E-state index contributed by atoms with van der Waals surface area (Å²) < 4.78 is 4.72. The van der Waals surface area contributed by atoms with Crippen molar-refractivity contribution in [2.75, 3.05) is 0 Å². The highest BCUT2D eigenvalue weighted by molar-refractivity contribution is 6.26. The zero-order valence-electron chi connectivity index (χ0n) is 19.5. The fourth-order valence-electron chi connectivity index (χ4n) is 5.43. The number of benzene rings is 3. The Morgan fingerprint density at radius 1 is 0.906 bits per heavy atom. The van der Waals surface area contributed by atoms with Gasteiger partial charge in [-0.1, -0.05) is 12.1 Å². The van der Waals surface area contributed by atoms with Crippen LogP contribution in [0, 0.1) is 27.3 Å². The van der Waals surface area contributed by atoms with E-state index in [2.05, 4.69) is 90.3 Å². The zero-order valence-corrected chi connectivity index (χ0v) is 19.5. The maximum Gasteiger partial charge on any atom is 0.252 e. The first-order chi connectivity index (χ1) is 15.2. The molecule has 0 atom stereocenters. The van der Waals surface area contributed by atoms with Crippen LogP contribution in [-0.4, -0.2) is 4.40 Å². The summed E-state index contributed by atoms with van der Waals surface area (Å²) in [6.45, 7) is 18.4. The van der Waals surface area contributed by atoms with Gasteiger partial charge in [0.2, 0.25) is 5.52 Å². The van der Waals surface area contributed by atoms with Crippen molar-refractivity contribution in [2.24, 2.45) is 7.05 Å². The second-order valence-electron chi connectivity index (χ2n) is 9.85. The van der Waals surface area contributed by atoms with Gasteiger partial charge in [-0.3, -0.25) is 0 Å². The van der Waals surface area contributed by atoms with Crippen molar-refractivity contribution in [1.82, 2.24) is 4.40 Å². The minimum atomic E-state index is -0.579. The number of pyridine rings is 2. The summed E-state index contributed by atoms with van der Waals surface area (Å²) >= 11 is 0. The van der Waals surface area contributed by atoms with E-state index in [4.69, 9.17) is 6.57 Å². The number of nitrogens with zero attached hydrogens (tertiary/aromatic N) is 3. The number of rotatable bonds is 1. The van der Waals surface area contributed by atoms with E-state index >= 15 is 0 Å². The average Bonchev–Trinajstić information content (AvgIpc) is 3.08. The normalized spacial score (nSPS) is 12.7.